The molecule has 0 amide bonds. The number of carboxylic acid groups (broad SMARTS) is 1. The fraction of sp³-hybridized carbons (Fsp3) is 0.556. The molecule has 0 aromatic rings. The van der Waals surface area contributed by atoms with Gasteiger partial charge in [-0.15, -0.1) is 6.58 Å². The molecule has 14 heavy (non-hydrogen) atoms. The number of carbonyl (C=O) groups excluding carboxylic acids is 1. The van der Waals surface area contributed by atoms with Crippen LogP contribution in [0.5, 0.6) is 0 Å². The van der Waals surface area contributed by atoms with Crippen LogP contribution in [0.25, 0.3) is 0 Å². The first-order chi connectivity index (χ1) is 6.72. The average Bonchev–Trinajstić information content (AvgIpc) is 2.15. The van der Waals surface area contributed by atoms with Crippen LogP contribution < -0.4 is 0 Å². The number of rotatable bonds is 8. The lowest BCUT2D eigenvalue weighted by Gasteiger charge is -2.05. The molecule has 0 aliphatic heterocycles. The van der Waals surface area contributed by atoms with E-state index in [2.05, 4.69) is 11.6 Å². The molecule has 1 N–H and O–H groups in total. The Kier molecular flexibility index (Phi) is 7.32. The summed E-state index contributed by atoms with van der Waals surface area (Å²) >= 11 is 0. The van der Waals surface area contributed by atoms with Crippen molar-refractivity contribution in [2.75, 3.05) is 13.2 Å². The molecular formula is C9H13NO4. The molecule has 78 valence electrons. The molecule has 5 nitrogen and oxygen atoms in total. The van der Waals surface area contributed by atoms with Gasteiger partial charge >= 0.3 is 5.97 Å². The average molecular weight is 199 g/mol. The number of allylic oxidation sites excluding steroid dienone is 1. The number of hydrogen-bond donors (Lipinski definition) is 1. The fourth-order valence-corrected chi connectivity index (χ4v) is 0.752. The summed E-state index contributed by atoms with van der Waals surface area (Å²) in [7, 11) is 0. The van der Waals surface area contributed by atoms with Gasteiger partial charge in [-0.05, 0) is 12.8 Å². The van der Waals surface area contributed by atoms with E-state index in [0.29, 0.717) is 6.61 Å². The molecule has 0 rings (SSSR count). The van der Waals surface area contributed by atoms with E-state index in [1.54, 1.807) is 6.08 Å². The van der Waals surface area contributed by atoms with Crippen molar-refractivity contribution in [1.29, 1.82) is 0 Å². The second-order valence-electron chi connectivity index (χ2n) is 2.58. The Hall–Kier alpha value is -1.45. The summed E-state index contributed by atoms with van der Waals surface area (Å²) in [5.41, 5.74) is 0. The molecule has 0 saturated heterocycles. The van der Waals surface area contributed by atoms with Gasteiger partial charge in [0.15, 0.2) is 6.04 Å². The van der Waals surface area contributed by atoms with Crippen molar-refractivity contribution in [1.82, 2.24) is 0 Å². The number of unbranched alkanes of at least 4 members (excludes halogenated alkanes) is 1. The zero-order chi connectivity index (χ0) is 10.8. The van der Waals surface area contributed by atoms with Gasteiger partial charge < -0.3 is 9.84 Å². The lowest BCUT2D eigenvalue weighted by molar-refractivity contribution is -0.139. The predicted molar refractivity (Wildman–Crippen MR) is 49.8 cm³/mol. The normalized spacial score (nSPS) is 11.4. The van der Waals surface area contributed by atoms with Gasteiger partial charge in [-0.1, -0.05) is 6.08 Å². The summed E-state index contributed by atoms with van der Waals surface area (Å²) in [5, 5.41) is 8.54. The molecule has 0 spiro atoms. The molecule has 0 aliphatic rings. The molecule has 0 saturated carbocycles. The van der Waals surface area contributed by atoms with E-state index in [1.165, 1.54) is 6.08 Å². The van der Waals surface area contributed by atoms with Gasteiger partial charge in [0.25, 0.3) is 0 Å². The van der Waals surface area contributed by atoms with E-state index in [1.807, 2.05) is 0 Å². The van der Waals surface area contributed by atoms with Gasteiger partial charge in [-0.2, -0.15) is 4.99 Å². The Morgan fingerprint density at radius 1 is 1.71 bits per heavy atom. The molecule has 0 fully saturated rings. The zero-order valence-corrected chi connectivity index (χ0v) is 7.81. The van der Waals surface area contributed by atoms with Crippen molar-refractivity contribution >= 4 is 12.0 Å². The number of aliphatic carboxylic acids is 1. The van der Waals surface area contributed by atoms with Gasteiger partial charge in [0.1, 0.15) is 0 Å². The summed E-state index contributed by atoms with van der Waals surface area (Å²) in [5.74, 6) is -1.18. The second kappa shape index (κ2) is 8.16. The molecule has 0 aliphatic carbocycles. The standard InChI is InChI=1S/C9H13NO4/c1-2-3-4-5-14-6-8(9(12)13)10-7-11/h2,8H,1,3-6H2,(H,12,13)/t8-/m0/s1. The highest BCUT2D eigenvalue weighted by Crippen LogP contribution is 1.95. The first-order valence-electron chi connectivity index (χ1n) is 4.20. The van der Waals surface area contributed by atoms with Crippen molar-refractivity contribution in [3.63, 3.8) is 0 Å². The van der Waals surface area contributed by atoms with Crippen LogP contribution in [0.3, 0.4) is 0 Å². The van der Waals surface area contributed by atoms with Crippen molar-refractivity contribution < 1.29 is 19.4 Å². The quantitative estimate of drug-likeness (QED) is 0.271. The zero-order valence-electron chi connectivity index (χ0n) is 7.81. The highest BCUT2D eigenvalue weighted by atomic mass is 16.5. The van der Waals surface area contributed by atoms with Gasteiger partial charge in [0.2, 0.25) is 6.08 Å². The van der Waals surface area contributed by atoms with Crippen LogP contribution in [0.4, 0.5) is 0 Å². The Labute approximate surface area is 82.1 Å². The highest BCUT2D eigenvalue weighted by molar-refractivity contribution is 5.74. The minimum Gasteiger partial charge on any atom is -0.480 e. The van der Waals surface area contributed by atoms with Crippen LogP contribution in [0.15, 0.2) is 17.6 Å². The predicted octanol–water partition coefficient (Wildman–Crippen LogP) is 0.758. The van der Waals surface area contributed by atoms with E-state index in [4.69, 9.17) is 9.84 Å². The van der Waals surface area contributed by atoms with Crippen LogP contribution in [0.2, 0.25) is 0 Å². The van der Waals surface area contributed by atoms with Crippen LogP contribution in [-0.4, -0.2) is 36.4 Å². The number of isocyanates is 1. The smallest absolute Gasteiger partial charge is 0.331 e. The maximum absolute atomic E-state index is 10.4. The number of ether oxygens (including phenoxy) is 1. The third-order valence-electron chi connectivity index (χ3n) is 1.47. The van der Waals surface area contributed by atoms with Crippen LogP contribution >= 0.6 is 0 Å². The molecule has 0 heterocycles. The Morgan fingerprint density at radius 3 is 2.93 bits per heavy atom. The highest BCUT2D eigenvalue weighted by Gasteiger charge is 2.15. The van der Waals surface area contributed by atoms with Crippen molar-refractivity contribution in [3.05, 3.63) is 12.7 Å². The molecule has 1 atom stereocenters. The summed E-state index contributed by atoms with van der Waals surface area (Å²) in [6.45, 7) is 3.87. The van der Waals surface area contributed by atoms with E-state index < -0.39 is 12.0 Å². The van der Waals surface area contributed by atoms with Gasteiger partial charge in [0.05, 0.1) is 6.61 Å². The second-order valence-corrected chi connectivity index (χ2v) is 2.58. The number of nitrogens with zero attached hydrogens (tertiary/aromatic N) is 1. The summed E-state index contributed by atoms with van der Waals surface area (Å²) in [6, 6.07) is -1.14. The molecule has 0 aromatic carbocycles. The van der Waals surface area contributed by atoms with E-state index in [0.717, 1.165) is 12.8 Å². The van der Waals surface area contributed by atoms with Crippen LogP contribution in [0.1, 0.15) is 12.8 Å². The van der Waals surface area contributed by atoms with Crippen molar-refractivity contribution in [2.45, 2.75) is 18.9 Å². The topological polar surface area (TPSA) is 76.0 Å². The van der Waals surface area contributed by atoms with E-state index in [9.17, 15) is 9.59 Å². The van der Waals surface area contributed by atoms with Crippen molar-refractivity contribution in [2.24, 2.45) is 4.99 Å². The number of hydrogen-bond acceptors (Lipinski definition) is 4. The molecular weight excluding hydrogens is 186 g/mol. The minimum atomic E-state index is -1.18. The maximum Gasteiger partial charge on any atom is 0.331 e. The van der Waals surface area contributed by atoms with E-state index >= 15 is 0 Å². The summed E-state index contributed by atoms with van der Waals surface area (Å²) in [4.78, 5) is 23.4. The Bertz CT molecular complexity index is 231. The lowest BCUT2D eigenvalue weighted by atomic mass is 10.3. The molecule has 0 aromatic heterocycles. The third-order valence-corrected chi connectivity index (χ3v) is 1.47. The lowest BCUT2D eigenvalue weighted by Crippen LogP contribution is -2.24. The minimum absolute atomic E-state index is 0.0955. The number of carbonyl (C=O) groups is 1. The Balaban J connectivity index is 3.66. The first-order valence-corrected chi connectivity index (χ1v) is 4.20. The Morgan fingerprint density at radius 2 is 2.43 bits per heavy atom. The molecule has 0 radical (unpaired) electrons. The maximum atomic E-state index is 10.4. The molecule has 5 heteroatoms. The van der Waals surface area contributed by atoms with Gasteiger partial charge in [-0.3, -0.25) is 0 Å². The molecule has 0 bridgehead atoms. The molecule has 0 unspecified atom stereocenters. The first kappa shape index (κ1) is 12.6. The largest absolute Gasteiger partial charge is 0.480 e. The monoisotopic (exact) mass is 199 g/mol. The third kappa shape index (κ3) is 6.11. The fourth-order valence-electron chi connectivity index (χ4n) is 0.752. The number of aliphatic imine (C=N–C) groups is 1. The van der Waals surface area contributed by atoms with Crippen LogP contribution in [0, 0.1) is 0 Å². The summed E-state index contributed by atoms with van der Waals surface area (Å²) < 4.78 is 5.01. The van der Waals surface area contributed by atoms with Crippen molar-refractivity contribution in [3.8, 4) is 0 Å². The van der Waals surface area contributed by atoms with Gasteiger partial charge in [0, 0.05) is 6.61 Å². The SMILES string of the molecule is C=CCCCOC[C@H](N=C=O)C(=O)O. The summed E-state index contributed by atoms with van der Waals surface area (Å²) in [6.07, 6.45) is 4.54. The van der Waals surface area contributed by atoms with Gasteiger partial charge in [-0.25, -0.2) is 9.59 Å². The van der Waals surface area contributed by atoms with E-state index in [-0.39, 0.29) is 6.61 Å². The number of carboxylic acids is 1. The van der Waals surface area contributed by atoms with Crippen LogP contribution in [-0.2, 0) is 14.3 Å².